The van der Waals surface area contributed by atoms with Crippen molar-refractivity contribution < 1.29 is 31.1 Å². The SMILES string of the molecule is Nc1ccc2c(OC(C(F)(F)F)C(F)(F)F)ccnc2c1. The van der Waals surface area contributed by atoms with E-state index in [9.17, 15) is 26.3 Å². The van der Waals surface area contributed by atoms with Crippen LogP contribution >= 0.6 is 0 Å². The summed E-state index contributed by atoms with van der Waals surface area (Å²) in [4.78, 5) is 3.81. The number of pyridine rings is 1. The molecule has 0 fully saturated rings. The minimum Gasteiger partial charge on any atom is -0.471 e. The van der Waals surface area contributed by atoms with Crippen LogP contribution < -0.4 is 10.5 Å². The number of fused-ring (bicyclic) bond motifs is 1. The number of rotatable bonds is 2. The number of nitrogens with zero attached hydrogens (tertiary/aromatic N) is 1. The van der Waals surface area contributed by atoms with E-state index in [1.54, 1.807) is 0 Å². The van der Waals surface area contributed by atoms with Gasteiger partial charge in [0.25, 0.3) is 6.10 Å². The van der Waals surface area contributed by atoms with E-state index in [-0.39, 0.29) is 16.6 Å². The van der Waals surface area contributed by atoms with Gasteiger partial charge in [0.2, 0.25) is 0 Å². The van der Waals surface area contributed by atoms with Crippen LogP contribution in [0.4, 0.5) is 32.0 Å². The first kappa shape index (κ1) is 15.2. The first-order chi connectivity index (χ1) is 9.59. The summed E-state index contributed by atoms with van der Waals surface area (Å²) >= 11 is 0. The van der Waals surface area contributed by atoms with Crippen molar-refractivity contribution >= 4 is 16.6 Å². The van der Waals surface area contributed by atoms with Crippen molar-refractivity contribution in [1.29, 1.82) is 0 Å². The van der Waals surface area contributed by atoms with Gasteiger partial charge in [-0.05, 0) is 24.3 Å². The van der Waals surface area contributed by atoms with Crippen LogP contribution in [0.1, 0.15) is 0 Å². The lowest BCUT2D eigenvalue weighted by Gasteiger charge is -2.24. The number of ether oxygens (including phenoxy) is 1. The molecule has 1 heterocycles. The third kappa shape index (κ3) is 3.29. The summed E-state index contributed by atoms with van der Waals surface area (Å²) in [7, 11) is 0. The number of anilines is 1. The summed E-state index contributed by atoms with van der Waals surface area (Å²) in [6, 6.07) is 4.82. The highest BCUT2D eigenvalue weighted by Crippen LogP contribution is 2.38. The van der Waals surface area contributed by atoms with Crippen LogP contribution in [0.3, 0.4) is 0 Å². The number of halogens is 6. The van der Waals surface area contributed by atoms with Gasteiger partial charge in [-0.2, -0.15) is 26.3 Å². The molecule has 0 aliphatic rings. The molecule has 0 aliphatic heterocycles. The van der Waals surface area contributed by atoms with Gasteiger partial charge in [-0.1, -0.05) is 0 Å². The second-order valence-corrected chi connectivity index (χ2v) is 4.17. The Morgan fingerprint density at radius 1 is 1.00 bits per heavy atom. The predicted octanol–water partition coefficient (Wildman–Crippen LogP) is 3.69. The van der Waals surface area contributed by atoms with E-state index < -0.39 is 24.2 Å². The molecule has 2 aromatic rings. The molecular formula is C12H8F6N2O. The van der Waals surface area contributed by atoms with Gasteiger partial charge in [-0.15, -0.1) is 0 Å². The number of hydrogen-bond donors (Lipinski definition) is 1. The maximum atomic E-state index is 12.5. The summed E-state index contributed by atoms with van der Waals surface area (Å²) in [6.45, 7) is 0. The normalized spacial score (nSPS) is 12.9. The van der Waals surface area contributed by atoms with Gasteiger partial charge >= 0.3 is 12.4 Å². The molecule has 0 spiro atoms. The third-order valence-corrected chi connectivity index (χ3v) is 2.57. The van der Waals surface area contributed by atoms with Crippen molar-refractivity contribution in [3.05, 3.63) is 30.5 Å². The number of aromatic nitrogens is 1. The lowest BCUT2D eigenvalue weighted by molar-refractivity contribution is -0.299. The molecular weight excluding hydrogens is 302 g/mol. The Labute approximate surface area is 114 Å². The summed E-state index contributed by atoms with van der Waals surface area (Å²) in [5, 5.41) is 0.00481. The first-order valence-electron chi connectivity index (χ1n) is 5.53. The van der Waals surface area contributed by atoms with E-state index in [0.717, 1.165) is 12.3 Å². The Bertz CT molecular complexity index is 638. The minimum atomic E-state index is -5.58. The molecule has 1 aromatic carbocycles. The Hall–Kier alpha value is -2.19. The first-order valence-corrected chi connectivity index (χ1v) is 5.53. The molecule has 0 aliphatic carbocycles. The lowest BCUT2D eigenvalue weighted by atomic mass is 10.2. The van der Waals surface area contributed by atoms with Gasteiger partial charge in [0.15, 0.2) is 0 Å². The molecule has 0 radical (unpaired) electrons. The maximum absolute atomic E-state index is 12.5. The third-order valence-electron chi connectivity index (χ3n) is 2.57. The van der Waals surface area contributed by atoms with Crippen molar-refractivity contribution in [1.82, 2.24) is 4.98 Å². The van der Waals surface area contributed by atoms with E-state index in [1.807, 2.05) is 0 Å². The molecule has 21 heavy (non-hydrogen) atoms. The Kier molecular flexibility index (Phi) is 3.60. The molecule has 114 valence electrons. The Balaban J connectivity index is 2.47. The van der Waals surface area contributed by atoms with Crippen molar-refractivity contribution in [3.63, 3.8) is 0 Å². The predicted molar refractivity (Wildman–Crippen MR) is 62.7 cm³/mol. The molecule has 3 nitrogen and oxygen atoms in total. The molecule has 2 N–H and O–H groups in total. The van der Waals surface area contributed by atoms with Gasteiger partial charge < -0.3 is 10.5 Å². The van der Waals surface area contributed by atoms with Crippen LogP contribution in [0.15, 0.2) is 30.5 Å². The van der Waals surface area contributed by atoms with Crippen LogP contribution in [0.2, 0.25) is 0 Å². The highest BCUT2D eigenvalue weighted by molar-refractivity contribution is 5.87. The van der Waals surface area contributed by atoms with Crippen molar-refractivity contribution in [2.45, 2.75) is 18.5 Å². The number of benzene rings is 1. The van der Waals surface area contributed by atoms with Crippen LogP contribution in [0.25, 0.3) is 10.9 Å². The van der Waals surface area contributed by atoms with Gasteiger partial charge in [0.1, 0.15) is 5.75 Å². The topological polar surface area (TPSA) is 48.1 Å². The van der Waals surface area contributed by atoms with E-state index in [0.29, 0.717) is 0 Å². The van der Waals surface area contributed by atoms with Gasteiger partial charge in [-0.3, -0.25) is 4.98 Å². The number of hydrogen-bond acceptors (Lipinski definition) is 3. The molecule has 0 saturated carbocycles. The van der Waals surface area contributed by atoms with E-state index >= 15 is 0 Å². The molecule has 0 unspecified atom stereocenters. The Morgan fingerprint density at radius 3 is 2.19 bits per heavy atom. The average Bonchev–Trinajstić information content (AvgIpc) is 2.32. The van der Waals surface area contributed by atoms with Crippen LogP contribution in [0.5, 0.6) is 5.75 Å². The highest BCUT2D eigenvalue weighted by atomic mass is 19.4. The molecule has 9 heteroatoms. The van der Waals surface area contributed by atoms with E-state index in [2.05, 4.69) is 9.72 Å². The maximum Gasteiger partial charge on any atom is 0.434 e. The number of alkyl halides is 6. The summed E-state index contributed by atoms with van der Waals surface area (Å²) in [5.74, 6) is -0.570. The lowest BCUT2D eigenvalue weighted by Crippen LogP contribution is -2.46. The monoisotopic (exact) mass is 310 g/mol. The molecule has 0 bridgehead atoms. The summed E-state index contributed by atoms with van der Waals surface area (Å²) in [6.07, 6.45) is -14.0. The van der Waals surface area contributed by atoms with Gasteiger partial charge in [0, 0.05) is 17.3 Å². The van der Waals surface area contributed by atoms with Crippen molar-refractivity contribution in [3.8, 4) is 5.75 Å². The quantitative estimate of drug-likeness (QED) is 0.680. The van der Waals surface area contributed by atoms with E-state index in [1.165, 1.54) is 18.2 Å². The zero-order chi connectivity index (χ0) is 15.8. The second kappa shape index (κ2) is 4.97. The standard InChI is InChI=1S/C12H8F6N2O/c13-11(14,15)10(12(16,17)18)21-9-3-4-20-8-5-6(19)1-2-7(8)9/h1-5,10H,19H2. The van der Waals surface area contributed by atoms with E-state index in [4.69, 9.17) is 5.73 Å². The van der Waals surface area contributed by atoms with Crippen LogP contribution in [-0.4, -0.2) is 23.4 Å². The number of nitrogen functional groups attached to an aromatic ring is 1. The molecule has 0 atom stereocenters. The minimum absolute atomic E-state index is 0.00481. The number of nitrogens with two attached hydrogens (primary N) is 1. The van der Waals surface area contributed by atoms with Crippen LogP contribution in [-0.2, 0) is 0 Å². The average molecular weight is 310 g/mol. The molecule has 0 saturated heterocycles. The van der Waals surface area contributed by atoms with Gasteiger partial charge in [-0.25, -0.2) is 0 Å². The zero-order valence-electron chi connectivity index (χ0n) is 10.2. The molecule has 2 rings (SSSR count). The highest BCUT2D eigenvalue weighted by Gasteiger charge is 2.59. The Morgan fingerprint density at radius 2 is 1.62 bits per heavy atom. The molecule has 0 amide bonds. The van der Waals surface area contributed by atoms with Crippen LogP contribution in [0, 0.1) is 0 Å². The molecule has 1 aromatic heterocycles. The smallest absolute Gasteiger partial charge is 0.434 e. The van der Waals surface area contributed by atoms with Crippen molar-refractivity contribution in [2.75, 3.05) is 5.73 Å². The summed E-state index contributed by atoms with van der Waals surface area (Å²) < 4.78 is 79.1. The van der Waals surface area contributed by atoms with Gasteiger partial charge in [0.05, 0.1) is 5.52 Å². The second-order valence-electron chi connectivity index (χ2n) is 4.17. The zero-order valence-corrected chi connectivity index (χ0v) is 10.2. The fourth-order valence-corrected chi connectivity index (χ4v) is 1.69. The largest absolute Gasteiger partial charge is 0.471 e. The van der Waals surface area contributed by atoms with Crippen molar-refractivity contribution in [2.24, 2.45) is 0 Å². The fraction of sp³-hybridized carbons (Fsp3) is 0.250. The summed E-state index contributed by atoms with van der Waals surface area (Å²) in [5.41, 5.74) is 5.88. The fourth-order valence-electron chi connectivity index (χ4n) is 1.69.